The van der Waals surface area contributed by atoms with Crippen LogP contribution in [0.2, 0.25) is 0 Å². The van der Waals surface area contributed by atoms with E-state index in [1.54, 1.807) is 0 Å². The second-order valence-electron chi connectivity index (χ2n) is 5.08. The Kier molecular flexibility index (Phi) is 4.89. The molecule has 1 aromatic heterocycles. The van der Waals surface area contributed by atoms with E-state index >= 15 is 0 Å². The largest absolute Gasteiger partial charge is 0.380 e. The predicted molar refractivity (Wildman–Crippen MR) is 71.8 cm³/mol. The Morgan fingerprint density at radius 2 is 2.12 bits per heavy atom. The predicted octanol–water partition coefficient (Wildman–Crippen LogP) is 2.91. The van der Waals surface area contributed by atoms with E-state index in [1.165, 1.54) is 0 Å². The van der Waals surface area contributed by atoms with Crippen molar-refractivity contribution < 1.29 is 4.74 Å². The first-order valence-electron chi connectivity index (χ1n) is 6.14. The van der Waals surface area contributed by atoms with Gasteiger partial charge in [0, 0.05) is 12.0 Å². The van der Waals surface area contributed by atoms with Crippen LogP contribution in [0.4, 0.5) is 0 Å². The number of hydrogen-bond donors (Lipinski definition) is 1. The SMILES string of the molecule is CCOCCn1c(C(C)(C)C(C)C)n[nH]c1=S. The maximum absolute atomic E-state index is 5.38. The molecule has 1 heterocycles. The molecule has 0 saturated heterocycles. The van der Waals surface area contributed by atoms with Crippen LogP contribution >= 0.6 is 12.2 Å². The van der Waals surface area contributed by atoms with E-state index in [-0.39, 0.29) is 5.41 Å². The first-order valence-corrected chi connectivity index (χ1v) is 6.55. The van der Waals surface area contributed by atoms with Gasteiger partial charge in [0.15, 0.2) is 4.77 Å². The third kappa shape index (κ3) is 3.16. The van der Waals surface area contributed by atoms with Crippen molar-refractivity contribution in [1.82, 2.24) is 14.8 Å². The van der Waals surface area contributed by atoms with Crippen molar-refractivity contribution in [2.45, 2.75) is 46.6 Å². The van der Waals surface area contributed by atoms with Crippen LogP contribution in [0.15, 0.2) is 0 Å². The highest BCUT2D eigenvalue weighted by atomic mass is 32.1. The smallest absolute Gasteiger partial charge is 0.195 e. The van der Waals surface area contributed by atoms with Gasteiger partial charge >= 0.3 is 0 Å². The number of aromatic amines is 1. The Morgan fingerprint density at radius 1 is 1.47 bits per heavy atom. The van der Waals surface area contributed by atoms with E-state index < -0.39 is 0 Å². The van der Waals surface area contributed by atoms with Gasteiger partial charge in [0.1, 0.15) is 5.82 Å². The summed E-state index contributed by atoms with van der Waals surface area (Å²) in [6.07, 6.45) is 0. The number of rotatable bonds is 6. The monoisotopic (exact) mass is 257 g/mol. The average molecular weight is 257 g/mol. The topological polar surface area (TPSA) is 42.8 Å². The van der Waals surface area contributed by atoms with Gasteiger partial charge in [-0.25, -0.2) is 0 Å². The van der Waals surface area contributed by atoms with Crippen LogP contribution in [0.25, 0.3) is 0 Å². The highest BCUT2D eigenvalue weighted by Gasteiger charge is 2.30. The molecule has 0 aliphatic carbocycles. The molecule has 1 aromatic rings. The highest BCUT2D eigenvalue weighted by Crippen LogP contribution is 2.29. The standard InChI is InChI=1S/C12H23N3OS/c1-6-16-8-7-15-10(13-14-11(15)17)12(4,5)9(2)3/h9H,6-8H2,1-5H3,(H,14,17). The summed E-state index contributed by atoms with van der Waals surface area (Å²) in [5.74, 6) is 1.51. The van der Waals surface area contributed by atoms with Gasteiger partial charge in [0.2, 0.25) is 0 Å². The summed E-state index contributed by atoms with van der Waals surface area (Å²) in [5.41, 5.74) is -0.000224. The highest BCUT2D eigenvalue weighted by molar-refractivity contribution is 7.71. The summed E-state index contributed by atoms with van der Waals surface area (Å²) in [7, 11) is 0. The van der Waals surface area contributed by atoms with E-state index in [1.807, 2.05) is 11.5 Å². The molecular formula is C12H23N3OS. The number of nitrogens with one attached hydrogen (secondary N) is 1. The van der Waals surface area contributed by atoms with Crippen LogP contribution < -0.4 is 0 Å². The molecule has 1 rings (SSSR count). The van der Waals surface area contributed by atoms with E-state index in [2.05, 4.69) is 37.9 Å². The van der Waals surface area contributed by atoms with Gasteiger partial charge in [-0.05, 0) is 25.1 Å². The Hall–Kier alpha value is -0.680. The summed E-state index contributed by atoms with van der Waals surface area (Å²) in [6, 6.07) is 0. The lowest BCUT2D eigenvalue weighted by atomic mass is 9.80. The van der Waals surface area contributed by atoms with Crippen LogP contribution in [-0.4, -0.2) is 28.0 Å². The quantitative estimate of drug-likeness (QED) is 0.629. The summed E-state index contributed by atoms with van der Waals surface area (Å²) in [5, 5.41) is 7.26. The molecule has 0 radical (unpaired) electrons. The van der Waals surface area contributed by atoms with Crippen LogP contribution in [0.3, 0.4) is 0 Å². The van der Waals surface area contributed by atoms with Gasteiger partial charge in [-0.2, -0.15) is 5.10 Å². The zero-order chi connectivity index (χ0) is 13.1. The molecule has 0 fully saturated rings. The molecule has 4 nitrogen and oxygen atoms in total. The van der Waals surface area contributed by atoms with Crippen molar-refractivity contribution in [3.8, 4) is 0 Å². The van der Waals surface area contributed by atoms with Gasteiger partial charge in [-0.3, -0.25) is 5.10 Å². The molecule has 0 aliphatic rings. The summed E-state index contributed by atoms with van der Waals surface area (Å²) in [6.45, 7) is 12.9. The first kappa shape index (κ1) is 14.4. The van der Waals surface area contributed by atoms with Gasteiger partial charge < -0.3 is 9.30 Å². The minimum atomic E-state index is -0.000224. The van der Waals surface area contributed by atoms with Crippen LogP contribution in [0.5, 0.6) is 0 Å². The van der Waals surface area contributed by atoms with Gasteiger partial charge in [-0.15, -0.1) is 0 Å². The maximum Gasteiger partial charge on any atom is 0.195 e. The first-order chi connectivity index (χ1) is 7.91. The van der Waals surface area contributed by atoms with Crippen molar-refractivity contribution in [1.29, 1.82) is 0 Å². The molecule has 0 atom stereocenters. The van der Waals surface area contributed by atoms with E-state index in [4.69, 9.17) is 17.0 Å². The van der Waals surface area contributed by atoms with Gasteiger partial charge in [0.05, 0.1) is 13.2 Å². The van der Waals surface area contributed by atoms with E-state index in [0.717, 1.165) is 19.0 Å². The van der Waals surface area contributed by atoms with E-state index in [9.17, 15) is 0 Å². The lowest BCUT2D eigenvalue weighted by Crippen LogP contribution is -2.29. The molecule has 5 heteroatoms. The lowest BCUT2D eigenvalue weighted by Gasteiger charge is -2.28. The van der Waals surface area contributed by atoms with Crippen LogP contribution in [0, 0.1) is 10.7 Å². The number of hydrogen-bond acceptors (Lipinski definition) is 3. The fourth-order valence-corrected chi connectivity index (χ4v) is 1.80. The number of nitrogens with zero attached hydrogens (tertiary/aromatic N) is 2. The minimum absolute atomic E-state index is 0.000224. The minimum Gasteiger partial charge on any atom is -0.380 e. The van der Waals surface area contributed by atoms with Crippen LogP contribution in [-0.2, 0) is 16.7 Å². The fourth-order valence-electron chi connectivity index (χ4n) is 1.58. The molecule has 0 saturated carbocycles. The molecule has 0 spiro atoms. The number of ether oxygens (including phenoxy) is 1. The second-order valence-corrected chi connectivity index (χ2v) is 5.46. The molecule has 0 aliphatic heterocycles. The summed E-state index contributed by atoms with van der Waals surface area (Å²) >= 11 is 5.27. The Morgan fingerprint density at radius 3 is 2.65 bits per heavy atom. The lowest BCUT2D eigenvalue weighted by molar-refractivity contribution is 0.136. The van der Waals surface area contributed by atoms with Crippen molar-refractivity contribution >= 4 is 12.2 Å². The molecule has 0 bridgehead atoms. The molecule has 0 aromatic carbocycles. The van der Waals surface area contributed by atoms with Crippen molar-refractivity contribution in [2.75, 3.05) is 13.2 Å². The van der Waals surface area contributed by atoms with Gasteiger partial charge in [0.25, 0.3) is 0 Å². The van der Waals surface area contributed by atoms with E-state index in [0.29, 0.717) is 17.3 Å². The normalized spacial score (nSPS) is 12.4. The second kappa shape index (κ2) is 5.78. The summed E-state index contributed by atoms with van der Waals surface area (Å²) < 4.78 is 8.10. The molecule has 98 valence electrons. The molecule has 1 N–H and O–H groups in total. The Labute approximate surface area is 108 Å². The van der Waals surface area contributed by atoms with Crippen molar-refractivity contribution in [3.05, 3.63) is 10.6 Å². The maximum atomic E-state index is 5.38. The van der Waals surface area contributed by atoms with Crippen molar-refractivity contribution in [2.24, 2.45) is 5.92 Å². The molecule has 0 unspecified atom stereocenters. The molecule has 17 heavy (non-hydrogen) atoms. The van der Waals surface area contributed by atoms with Gasteiger partial charge in [-0.1, -0.05) is 27.7 Å². The zero-order valence-corrected chi connectivity index (χ0v) is 12.2. The average Bonchev–Trinajstić information content (AvgIpc) is 2.61. The zero-order valence-electron chi connectivity index (χ0n) is 11.4. The van der Waals surface area contributed by atoms with Crippen LogP contribution in [0.1, 0.15) is 40.4 Å². The Balaban J connectivity index is 2.97. The third-order valence-corrected chi connectivity index (χ3v) is 3.75. The number of H-pyrrole nitrogens is 1. The number of aromatic nitrogens is 3. The molecule has 0 amide bonds. The Bertz CT molecular complexity index is 406. The summed E-state index contributed by atoms with van der Waals surface area (Å²) in [4.78, 5) is 0. The third-order valence-electron chi connectivity index (χ3n) is 3.44. The van der Waals surface area contributed by atoms with Crippen molar-refractivity contribution in [3.63, 3.8) is 0 Å². The molecular weight excluding hydrogens is 234 g/mol. The fraction of sp³-hybridized carbons (Fsp3) is 0.833.